The van der Waals surface area contributed by atoms with Crippen molar-refractivity contribution in [3.63, 3.8) is 0 Å². The van der Waals surface area contributed by atoms with E-state index in [0.717, 1.165) is 22.7 Å². The van der Waals surface area contributed by atoms with Gasteiger partial charge in [-0.2, -0.15) is 11.8 Å². The average Bonchev–Trinajstić information content (AvgIpc) is 2.91. The van der Waals surface area contributed by atoms with Crippen molar-refractivity contribution in [1.29, 1.82) is 0 Å². The van der Waals surface area contributed by atoms with Gasteiger partial charge in [-0.3, -0.25) is 0 Å². The minimum Gasteiger partial charge on any atom is -0.491 e. The number of ether oxygens (including phenoxy) is 1. The highest BCUT2D eigenvalue weighted by Crippen LogP contribution is 2.22. The maximum absolute atomic E-state index is 9.84. The Morgan fingerprint density at radius 1 is 1.42 bits per heavy atom. The van der Waals surface area contributed by atoms with Gasteiger partial charge in [0.05, 0.1) is 0 Å². The molecule has 3 nitrogen and oxygen atoms in total. The number of benzene rings is 1. The fourth-order valence-corrected chi connectivity index (χ4v) is 3.53. The van der Waals surface area contributed by atoms with Gasteiger partial charge in [0.1, 0.15) is 18.5 Å². The number of thioether (sulfide) groups is 1. The first-order valence-corrected chi connectivity index (χ1v) is 8.53. The molecule has 0 spiro atoms. The van der Waals surface area contributed by atoms with Crippen LogP contribution in [0.5, 0.6) is 5.75 Å². The number of aliphatic hydroxyl groups is 1. The molecule has 0 aliphatic carbocycles. The highest BCUT2D eigenvalue weighted by Gasteiger charge is 2.15. The SMILES string of the molecule is OC(CNCC1CCSC1)COc1ccc(Br)cc1. The van der Waals surface area contributed by atoms with Crippen molar-refractivity contribution >= 4 is 27.7 Å². The molecule has 1 aliphatic rings. The second kappa shape index (κ2) is 8.15. The van der Waals surface area contributed by atoms with Crippen molar-refractivity contribution in [2.45, 2.75) is 12.5 Å². The first-order chi connectivity index (χ1) is 9.24. The Kier molecular flexibility index (Phi) is 6.50. The first-order valence-electron chi connectivity index (χ1n) is 6.59. The van der Waals surface area contributed by atoms with Gasteiger partial charge in [-0.15, -0.1) is 0 Å². The van der Waals surface area contributed by atoms with Crippen LogP contribution in [0.2, 0.25) is 0 Å². The number of hydrogen-bond acceptors (Lipinski definition) is 4. The Labute approximate surface area is 127 Å². The molecule has 0 radical (unpaired) electrons. The third kappa shape index (κ3) is 5.73. The molecule has 2 N–H and O–H groups in total. The van der Waals surface area contributed by atoms with E-state index in [1.54, 1.807) is 0 Å². The van der Waals surface area contributed by atoms with E-state index in [0.29, 0.717) is 13.2 Å². The van der Waals surface area contributed by atoms with E-state index >= 15 is 0 Å². The van der Waals surface area contributed by atoms with Crippen LogP contribution in [0.25, 0.3) is 0 Å². The molecular formula is C14H20BrNO2S. The Bertz CT molecular complexity index is 368. The second-order valence-corrected chi connectivity index (χ2v) is 6.87. The van der Waals surface area contributed by atoms with Gasteiger partial charge >= 0.3 is 0 Å². The van der Waals surface area contributed by atoms with Crippen LogP contribution in [0.4, 0.5) is 0 Å². The lowest BCUT2D eigenvalue weighted by Gasteiger charge is -2.15. The van der Waals surface area contributed by atoms with Crippen LogP contribution in [-0.2, 0) is 0 Å². The van der Waals surface area contributed by atoms with Crippen molar-refractivity contribution in [3.05, 3.63) is 28.7 Å². The minimum atomic E-state index is -0.460. The van der Waals surface area contributed by atoms with Crippen LogP contribution in [-0.4, -0.2) is 42.4 Å². The van der Waals surface area contributed by atoms with Crippen LogP contribution in [0, 0.1) is 5.92 Å². The summed E-state index contributed by atoms with van der Waals surface area (Å²) in [5, 5.41) is 13.2. The zero-order valence-corrected chi connectivity index (χ0v) is 13.3. The monoisotopic (exact) mass is 345 g/mol. The predicted octanol–water partition coefficient (Wildman–Crippen LogP) is 2.53. The molecule has 106 valence electrons. The van der Waals surface area contributed by atoms with Gasteiger partial charge in [-0.25, -0.2) is 0 Å². The summed E-state index contributed by atoms with van der Waals surface area (Å²) in [5.74, 6) is 4.08. The summed E-state index contributed by atoms with van der Waals surface area (Å²) < 4.78 is 6.55. The molecule has 2 atom stereocenters. The highest BCUT2D eigenvalue weighted by molar-refractivity contribution is 9.10. The fraction of sp³-hybridized carbons (Fsp3) is 0.571. The van der Waals surface area contributed by atoms with Crippen molar-refractivity contribution in [1.82, 2.24) is 5.32 Å². The van der Waals surface area contributed by atoms with Crippen molar-refractivity contribution < 1.29 is 9.84 Å². The van der Waals surface area contributed by atoms with Crippen LogP contribution >= 0.6 is 27.7 Å². The van der Waals surface area contributed by atoms with Gasteiger partial charge in [0.2, 0.25) is 0 Å². The summed E-state index contributed by atoms with van der Waals surface area (Å²) in [5.41, 5.74) is 0. The van der Waals surface area contributed by atoms with Gasteiger partial charge < -0.3 is 15.2 Å². The summed E-state index contributed by atoms with van der Waals surface area (Å²) in [6.07, 6.45) is 0.834. The van der Waals surface area contributed by atoms with E-state index in [1.807, 2.05) is 36.0 Å². The Morgan fingerprint density at radius 3 is 2.89 bits per heavy atom. The van der Waals surface area contributed by atoms with Crippen LogP contribution in [0.3, 0.4) is 0 Å². The molecule has 0 aromatic heterocycles. The number of aliphatic hydroxyl groups excluding tert-OH is 1. The summed E-state index contributed by atoms with van der Waals surface area (Å²) in [6, 6.07) is 7.63. The Morgan fingerprint density at radius 2 is 2.21 bits per heavy atom. The summed E-state index contributed by atoms with van der Waals surface area (Å²) in [7, 11) is 0. The van der Waals surface area contributed by atoms with Gasteiger partial charge in [0.15, 0.2) is 0 Å². The molecule has 2 rings (SSSR count). The first kappa shape index (κ1) is 15.2. The molecule has 2 unspecified atom stereocenters. The maximum atomic E-state index is 9.84. The molecule has 0 saturated carbocycles. The largest absolute Gasteiger partial charge is 0.491 e. The molecule has 1 aromatic carbocycles. The normalized spacial score (nSPS) is 20.4. The molecule has 0 amide bonds. The number of nitrogens with one attached hydrogen (secondary N) is 1. The molecule has 1 saturated heterocycles. The second-order valence-electron chi connectivity index (χ2n) is 4.81. The smallest absolute Gasteiger partial charge is 0.119 e. The van der Waals surface area contributed by atoms with Gasteiger partial charge in [-0.05, 0) is 54.7 Å². The summed E-state index contributed by atoms with van der Waals surface area (Å²) >= 11 is 5.39. The van der Waals surface area contributed by atoms with E-state index in [-0.39, 0.29) is 0 Å². The van der Waals surface area contributed by atoms with Crippen molar-refractivity contribution in [3.8, 4) is 5.75 Å². The van der Waals surface area contributed by atoms with Crippen molar-refractivity contribution in [2.75, 3.05) is 31.2 Å². The molecule has 1 aromatic rings. The molecule has 19 heavy (non-hydrogen) atoms. The van der Waals surface area contributed by atoms with E-state index in [4.69, 9.17) is 4.74 Å². The molecule has 5 heteroatoms. The number of rotatable bonds is 7. The minimum absolute atomic E-state index is 0.327. The maximum Gasteiger partial charge on any atom is 0.119 e. The lowest BCUT2D eigenvalue weighted by atomic mass is 10.1. The Hall–Kier alpha value is -0.230. The van der Waals surface area contributed by atoms with Gasteiger partial charge in [0, 0.05) is 11.0 Å². The fourth-order valence-electron chi connectivity index (χ4n) is 1.98. The quantitative estimate of drug-likeness (QED) is 0.796. The van der Waals surface area contributed by atoms with E-state index < -0.39 is 6.10 Å². The predicted molar refractivity (Wildman–Crippen MR) is 83.9 cm³/mol. The van der Waals surface area contributed by atoms with E-state index in [1.165, 1.54) is 17.9 Å². The molecular weight excluding hydrogens is 326 g/mol. The third-order valence-electron chi connectivity index (χ3n) is 3.09. The van der Waals surface area contributed by atoms with E-state index in [2.05, 4.69) is 21.2 Å². The number of halogens is 1. The molecule has 1 aliphatic heterocycles. The molecule has 1 fully saturated rings. The van der Waals surface area contributed by atoms with Gasteiger partial charge in [-0.1, -0.05) is 15.9 Å². The van der Waals surface area contributed by atoms with Crippen LogP contribution in [0.1, 0.15) is 6.42 Å². The van der Waals surface area contributed by atoms with Crippen molar-refractivity contribution in [2.24, 2.45) is 5.92 Å². The van der Waals surface area contributed by atoms with Crippen LogP contribution in [0.15, 0.2) is 28.7 Å². The average molecular weight is 346 g/mol. The zero-order chi connectivity index (χ0) is 13.5. The third-order valence-corrected chi connectivity index (χ3v) is 4.85. The molecule has 0 bridgehead atoms. The highest BCUT2D eigenvalue weighted by atomic mass is 79.9. The standard InChI is InChI=1S/C14H20BrNO2S/c15-12-1-3-14(4-2-12)18-9-13(17)8-16-7-11-5-6-19-10-11/h1-4,11,13,16-17H,5-10H2. The van der Waals surface area contributed by atoms with Gasteiger partial charge in [0.25, 0.3) is 0 Å². The lowest BCUT2D eigenvalue weighted by molar-refractivity contribution is 0.106. The Balaban J connectivity index is 1.58. The summed E-state index contributed by atoms with van der Waals surface area (Å²) in [4.78, 5) is 0. The van der Waals surface area contributed by atoms with Crippen LogP contribution < -0.4 is 10.1 Å². The lowest BCUT2D eigenvalue weighted by Crippen LogP contribution is -2.34. The summed E-state index contributed by atoms with van der Waals surface area (Å²) in [6.45, 7) is 1.92. The topological polar surface area (TPSA) is 41.5 Å². The number of hydrogen-bond donors (Lipinski definition) is 2. The molecule has 1 heterocycles. The zero-order valence-electron chi connectivity index (χ0n) is 10.8. The van der Waals surface area contributed by atoms with E-state index in [9.17, 15) is 5.11 Å².